The van der Waals surface area contributed by atoms with Gasteiger partial charge in [0, 0.05) is 45.8 Å². The third kappa shape index (κ3) is 3.71. The van der Waals surface area contributed by atoms with Crippen molar-refractivity contribution < 1.29 is 4.79 Å². The summed E-state index contributed by atoms with van der Waals surface area (Å²) in [5.41, 5.74) is 3.98. The summed E-state index contributed by atoms with van der Waals surface area (Å²) in [7, 11) is 0. The van der Waals surface area contributed by atoms with Crippen LogP contribution in [-0.2, 0) is 0 Å². The molecule has 23 heavy (non-hydrogen) atoms. The maximum Gasteiger partial charge on any atom is 0.319 e. The fraction of sp³-hybridized carbons (Fsp3) is 0.294. The minimum atomic E-state index is -0.197. The van der Waals surface area contributed by atoms with E-state index in [1.54, 1.807) is 11.3 Å². The summed E-state index contributed by atoms with van der Waals surface area (Å²) < 4.78 is 0. The first-order valence-corrected chi connectivity index (χ1v) is 8.45. The first kappa shape index (κ1) is 15.6. The van der Waals surface area contributed by atoms with Crippen LogP contribution in [0, 0.1) is 13.8 Å². The van der Waals surface area contributed by atoms with E-state index in [4.69, 9.17) is 0 Å². The number of carbonyl (C=O) groups is 1. The Kier molecular flexibility index (Phi) is 4.34. The molecule has 3 rings (SSSR count). The maximum atomic E-state index is 12.0. The van der Waals surface area contributed by atoms with E-state index in [0.717, 1.165) is 33.0 Å². The zero-order chi connectivity index (χ0) is 16.4. The minimum Gasteiger partial charge on any atom is -0.359 e. The largest absolute Gasteiger partial charge is 0.359 e. The van der Waals surface area contributed by atoms with Gasteiger partial charge in [-0.05, 0) is 38.1 Å². The van der Waals surface area contributed by atoms with Crippen molar-refractivity contribution in [3.63, 3.8) is 0 Å². The Labute approximate surface area is 139 Å². The Hall–Kier alpha value is -2.34. The standard InChI is InChI=1S/C17H20N4OS/c1-10(16-20-12(3)9-23-16)8-18-17(22)21-14-4-5-15-13(7-14)6-11(2)19-15/h4-7,9-10,19H,8H2,1-3H3,(H2,18,21,22)/t10-/m1/s1. The smallest absolute Gasteiger partial charge is 0.319 e. The van der Waals surface area contributed by atoms with Crippen LogP contribution in [0.2, 0.25) is 0 Å². The molecule has 120 valence electrons. The van der Waals surface area contributed by atoms with Crippen molar-refractivity contribution in [2.45, 2.75) is 26.7 Å². The van der Waals surface area contributed by atoms with Gasteiger partial charge in [-0.3, -0.25) is 0 Å². The summed E-state index contributed by atoms with van der Waals surface area (Å²) in [6.07, 6.45) is 0. The number of hydrogen-bond donors (Lipinski definition) is 3. The van der Waals surface area contributed by atoms with E-state index >= 15 is 0 Å². The molecule has 1 aromatic carbocycles. The molecule has 0 spiro atoms. The third-order valence-corrected chi connectivity index (χ3v) is 4.83. The molecule has 6 heteroatoms. The van der Waals surface area contributed by atoms with Gasteiger partial charge < -0.3 is 15.6 Å². The van der Waals surface area contributed by atoms with Crippen LogP contribution in [0.15, 0.2) is 29.6 Å². The number of aryl methyl sites for hydroxylation is 2. The number of nitrogens with one attached hydrogen (secondary N) is 3. The number of fused-ring (bicyclic) bond motifs is 1. The van der Waals surface area contributed by atoms with Crippen molar-refractivity contribution in [2.75, 3.05) is 11.9 Å². The van der Waals surface area contributed by atoms with Crippen molar-refractivity contribution >= 4 is 34.0 Å². The van der Waals surface area contributed by atoms with Gasteiger partial charge in [0.05, 0.1) is 5.01 Å². The van der Waals surface area contributed by atoms with Gasteiger partial charge in [-0.1, -0.05) is 6.92 Å². The number of carbonyl (C=O) groups excluding carboxylic acids is 1. The lowest BCUT2D eigenvalue weighted by molar-refractivity contribution is 0.251. The highest BCUT2D eigenvalue weighted by atomic mass is 32.1. The zero-order valence-electron chi connectivity index (χ0n) is 13.4. The molecule has 5 nitrogen and oxygen atoms in total. The van der Waals surface area contributed by atoms with E-state index in [2.05, 4.69) is 33.6 Å². The van der Waals surface area contributed by atoms with Crippen LogP contribution in [-0.4, -0.2) is 22.5 Å². The van der Waals surface area contributed by atoms with Gasteiger partial charge in [0.25, 0.3) is 0 Å². The normalized spacial score (nSPS) is 12.3. The van der Waals surface area contributed by atoms with Crippen LogP contribution in [0.25, 0.3) is 10.9 Å². The lowest BCUT2D eigenvalue weighted by atomic mass is 10.2. The number of urea groups is 1. The van der Waals surface area contributed by atoms with Gasteiger partial charge >= 0.3 is 6.03 Å². The second-order valence-corrected chi connectivity index (χ2v) is 6.71. The molecular formula is C17H20N4OS. The minimum absolute atomic E-state index is 0.197. The molecular weight excluding hydrogens is 308 g/mol. The molecule has 0 saturated carbocycles. The lowest BCUT2D eigenvalue weighted by Crippen LogP contribution is -2.31. The highest BCUT2D eigenvalue weighted by molar-refractivity contribution is 7.09. The Bertz CT molecular complexity index is 836. The molecule has 0 unspecified atom stereocenters. The average molecular weight is 328 g/mol. The van der Waals surface area contributed by atoms with Crippen LogP contribution in [0.5, 0.6) is 0 Å². The SMILES string of the molecule is Cc1csc([C@H](C)CNC(=O)Nc2ccc3[nH]c(C)cc3c2)n1. The number of thiazole rings is 1. The molecule has 0 saturated heterocycles. The second-order valence-electron chi connectivity index (χ2n) is 5.82. The summed E-state index contributed by atoms with van der Waals surface area (Å²) in [5.74, 6) is 0.203. The Morgan fingerprint density at radius 2 is 2.17 bits per heavy atom. The Morgan fingerprint density at radius 1 is 1.35 bits per heavy atom. The van der Waals surface area contributed by atoms with Crippen LogP contribution < -0.4 is 10.6 Å². The molecule has 0 bridgehead atoms. The predicted octanol–water partition coefficient (Wildman–Crippen LogP) is 4.17. The molecule has 0 aliphatic rings. The molecule has 3 aromatic rings. The van der Waals surface area contributed by atoms with Gasteiger partial charge in [0.15, 0.2) is 0 Å². The monoisotopic (exact) mass is 328 g/mol. The van der Waals surface area contributed by atoms with Gasteiger partial charge in [-0.25, -0.2) is 9.78 Å². The highest BCUT2D eigenvalue weighted by Gasteiger charge is 2.11. The number of aromatic nitrogens is 2. The summed E-state index contributed by atoms with van der Waals surface area (Å²) >= 11 is 1.63. The fourth-order valence-electron chi connectivity index (χ4n) is 2.46. The molecule has 0 fully saturated rings. The van der Waals surface area contributed by atoms with Crippen LogP contribution in [0.1, 0.15) is 29.2 Å². The number of rotatable bonds is 4. The highest BCUT2D eigenvalue weighted by Crippen LogP contribution is 2.20. The van der Waals surface area contributed by atoms with Crippen LogP contribution >= 0.6 is 11.3 Å². The molecule has 0 aliphatic heterocycles. The van der Waals surface area contributed by atoms with E-state index in [-0.39, 0.29) is 11.9 Å². The van der Waals surface area contributed by atoms with Gasteiger partial charge in [-0.15, -0.1) is 11.3 Å². The van der Waals surface area contributed by atoms with E-state index in [9.17, 15) is 4.79 Å². The number of benzene rings is 1. The molecule has 2 amide bonds. The van der Waals surface area contributed by atoms with Crippen LogP contribution in [0.3, 0.4) is 0 Å². The van der Waals surface area contributed by atoms with Gasteiger partial charge in [0.2, 0.25) is 0 Å². The number of aromatic amines is 1. The van der Waals surface area contributed by atoms with Crippen molar-refractivity contribution in [3.8, 4) is 0 Å². The molecule has 2 aromatic heterocycles. The quantitative estimate of drug-likeness (QED) is 0.673. The van der Waals surface area contributed by atoms with E-state index in [1.807, 2.05) is 37.4 Å². The maximum absolute atomic E-state index is 12.0. The Morgan fingerprint density at radius 3 is 2.91 bits per heavy atom. The molecule has 2 heterocycles. The molecule has 0 aliphatic carbocycles. The first-order chi connectivity index (χ1) is 11.0. The van der Waals surface area contributed by atoms with Gasteiger partial charge in [0.1, 0.15) is 0 Å². The van der Waals surface area contributed by atoms with Gasteiger partial charge in [-0.2, -0.15) is 0 Å². The topological polar surface area (TPSA) is 69.8 Å². The summed E-state index contributed by atoms with van der Waals surface area (Å²) in [6.45, 7) is 6.62. The fourth-order valence-corrected chi connectivity index (χ4v) is 3.32. The summed E-state index contributed by atoms with van der Waals surface area (Å²) in [4.78, 5) is 19.8. The van der Waals surface area contributed by atoms with Crippen molar-refractivity contribution in [3.05, 3.63) is 46.0 Å². The predicted molar refractivity (Wildman–Crippen MR) is 95.3 cm³/mol. The molecule has 0 radical (unpaired) electrons. The van der Waals surface area contributed by atoms with Crippen LogP contribution in [0.4, 0.5) is 10.5 Å². The number of amides is 2. The van der Waals surface area contributed by atoms with Crippen molar-refractivity contribution in [2.24, 2.45) is 0 Å². The number of H-pyrrole nitrogens is 1. The summed E-state index contributed by atoms with van der Waals surface area (Å²) in [5, 5.41) is 9.94. The summed E-state index contributed by atoms with van der Waals surface area (Å²) in [6, 6.07) is 7.69. The van der Waals surface area contributed by atoms with E-state index in [0.29, 0.717) is 6.54 Å². The number of nitrogens with zero attached hydrogens (tertiary/aromatic N) is 1. The molecule has 3 N–H and O–H groups in total. The number of hydrogen-bond acceptors (Lipinski definition) is 3. The second kappa shape index (κ2) is 6.42. The van der Waals surface area contributed by atoms with E-state index < -0.39 is 0 Å². The first-order valence-electron chi connectivity index (χ1n) is 7.57. The number of anilines is 1. The van der Waals surface area contributed by atoms with Crippen molar-refractivity contribution in [1.82, 2.24) is 15.3 Å². The average Bonchev–Trinajstić information content (AvgIpc) is 3.09. The van der Waals surface area contributed by atoms with E-state index in [1.165, 1.54) is 0 Å². The molecule has 1 atom stereocenters. The van der Waals surface area contributed by atoms with Crippen molar-refractivity contribution in [1.29, 1.82) is 0 Å². The third-order valence-electron chi connectivity index (χ3n) is 3.64. The zero-order valence-corrected chi connectivity index (χ0v) is 14.3. The Balaban J connectivity index is 1.57. The lowest BCUT2D eigenvalue weighted by Gasteiger charge is -2.11.